The van der Waals surface area contributed by atoms with Crippen molar-refractivity contribution in [2.45, 2.75) is 37.8 Å². The Morgan fingerprint density at radius 2 is 1.89 bits per heavy atom. The zero-order valence-corrected chi connectivity index (χ0v) is 15.0. The van der Waals surface area contributed by atoms with Gasteiger partial charge in [-0.2, -0.15) is 0 Å². The molecule has 0 aliphatic carbocycles. The van der Waals surface area contributed by atoms with E-state index < -0.39 is 23.5 Å². The van der Waals surface area contributed by atoms with Crippen LogP contribution in [0.2, 0.25) is 0 Å². The number of halogens is 1. The fraction of sp³-hybridized carbons (Fsp3) is 0.500. The second-order valence-electron chi connectivity index (χ2n) is 7.14. The monoisotopic (exact) mass is 375 g/mol. The Morgan fingerprint density at radius 3 is 2.59 bits per heavy atom. The van der Waals surface area contributed by atoms with Gasteiger partial charge in [0.05, 0.1) is 11.2 Å². The van der Waals surface area contributed by atoms with Crippen LogP contribution >= 0.6 is 0 Å². The third-order valence-electron chi connectivity index (χ3n) is 5.40. The van der Waals surface area contributed by atoms with Crippen LogP contribution < -0.4 is 21.6 Å². The van der Waals surface area contributed by atoms with Gasteiger partial charge in [0.15, 0.2) is 5.82 Å². The molecule has 0 spiro atoms. The molecule has 3 heterocycles. The molecular formula is C18H22FN5O3. The SMILES string of the molecule is Cn1c(=O)n(C2CCC(=O)NC2=O)c2ccc(NC3CCNCC3)c(F)c21. The van der Waals surface area contributed by atoms with Crippen molar-refractivity contribution in [2.24, 2.45) is 7.05 Å². The van der Waals surface area contributed by atoms with Crippen LogP contribution in [0.3, 0.4) is 0 Å². The Morgan fingerprint density at radius 1 is 1.15 bits per heavy atom. The highest BCUT2D eigenvalue weighted by molar-refractivity contribution is 6.00. The third kappa shape index (κ3) is 3.01. The number of nitrogens with zero attached hydrogens (tertiary/aromatic N) is 2. The van der Waals surface area contributed by atoms with Crippen molar-refractivity contribution < 1.29 is 14.0 Å². The zero-order chi connectivity index (χ0) is 19.1. The van der Waals surface area contributed by atoms with Crippen molar-refractivity contribution in [1.82, 2.24) is 19.8 Å². The lowest BCUT2D eigenvalue weighted by atomic mass is 10.1. The van der Waals surface area contributed by atoms with Crippen molar-refractivity contribution in [3.8, 4) is 0 Å². The number of fused-ring (bicyclic) bond motifs is 1. The summed E-state index contributed by atoms with van der Waals surface area (Å²) in [6.45, 7) is 1.76. The molecule has 8 nitrogen and oxygen atoms in total. The number of carbonyl (C=O) groups is 2. The van der Waals surface area contributed by atoms with Gasteiger partial charge in [-0.25, -0.2) is 9.18 Å². The molecule has 2 aliphatic rings. The number of nitrogens with one attached hydrogen (secondary N) is 3. The number of carbonyl (C=O) groups excluding carboxylic acids is 2. The molecular weight excluding hydrogens is 353 g/mol. The number of hydrogen-bond acceptors (Lipinski definition) is 5. The fourth-order valence-electron chi connectivity index (χ4n) is 3.96. The normalized spacial score (nSPS) is 21.5. The highest BCUT2D eigenvalue weighted by Gasteiger charge is 2.32. The van der Waals surface area contributed by atoms with E-state index in [2.05, 4.69) is 16.0 Å². The summed E-state index contributed by atoms with van der Waals surface area (Å²) in [5.41, 5.74) is 0.386. The fourth-order valence-corrected chi connectivity index (χ4v) is 3.96. The highest BCUT2D eigenvalue weighted by Crippen LogP contribution is 2.28. The standard InChI is InChI=1S/C18H22FN5O3/c1-23-16-12(24(18(23)27)13-4-5-14(25)22-17(13)26)3-2-11(15(16)19)21-10-6-8-20-9-7-10/h2-3,10,13,20-21H,4-9H2,1H3,(H,22,25,26). The van der Waals surface area contributed by atoms with E-state index >= 15 is 4.39 Å². The Labute approximate surface area is 154 Å². The van der Waals surface area contributed by atoms with Gasteiger partial charge < -0.3 is 10.6 Å². The lowest BCUT2D eigenvalue weighted by Crippen LogP contribution is -2.44. The molecule has 2 saturated heterocycles. The molecule has 1 aromatic carbocycles. The van der Waals surface area contributed by atoms with Crippen molar-refractivity contribution >= 4 is 28.5 Å². The number of aromatic nitrogens is 2. The van der Waals surface area contributed by atoms with Gasteiger partial charge in [-0.05, 0) is 44.5 Å². The van der Waals surface area contributed by atoms with Crippen LogP contribution in [0, 0.1) is 5.82 Å². The average Bonchev–Trinajstić information content (AvgIpc) is 2.90. The first kappa shape index (κ1) is 17.7. The molecule has 2 fully saturated rings. The first-order valence-corrected chi connectivity index (χ1v) is 9.17. The molecule has 4 rings (SSSR count). The number of benzene rings is 1. The summed E-state index contributed by atoms with van der Waals surface area (Å²) >= 11 is 0. The van der Waals surface area contributed by atoms with Gasteiger partial charge in [-0.1, -0.05) is 0 Å². The molecule has 0 saturated carbocycles. The van der Waals surface area contributed by atoms with E-state index in [0.29, 0.717) is 11.2 Å². The summed E-state index contributed by atoms with van der Waals surface area (Å²) < 4.78 is 17.7. The molecule has 1 aromatic heterocycles. The number of hydrogen-bond donors (Lipinski definition) is 3. The van der Waals surface area contributed by atoms with Crippen LogP contribution in [-0.2, 0) is 16.6 Å². The minimum Gasteiger partial charge on any atom is -0.380 e. The van der Waals surface area contributed by atoms with Gasteiger partial charge in [0.1, 0.15) is 11.6 Å². The second-order valence-corrected chi connectivity index (χ2v) is 7.14. The number of imide groups is 1. The topological polar surface area (TPSA) is 97.2 Å². The quantitative estimate of drug-likeness (QED) is 0.684. The minimum atomic E-state index is -0.818. The highest BCUT2D eigenvalue weighted by atomic mass is 19.1. The van der Waals surface area contributed by atoms with E-state index in [1.54, 1.807) is 12.1 Å². The zero-order valence-electron chi connectivity index (χ0n) is 15.0. The maximum absolute atomic E-state index is 15.2. The Hall–Kier alpha value is -2.68. The van der Waals surface area contributed by atoms with E-state index in [9.17, 15) is 14.4 Å². The molecule has 0 radical (unpaired) electrons. The summed E-state index contributed by atoms with van der Waals surface area (Å²) in [5, 5.41) is 8.74. The number of rotatable bonds is 3. The number of piperidine rings is 2. The number of imidazole rings is 1. The maximum atomic E-state index is 15.2. The largest absolute Gasteiger partial charge is 0.380 e. The van der Waals surface area contributed by atoms with Crippen molar-refractivity contribution in [3.05, 3.63) is 28.4 Å². The van der Waals surface area contributed by atoms with E-state index in [1.165, 1.54) is 16.2 Å². The lowest BCUT2D eigenvalue weighted by molar-refractivity contribution is -0.135. The molecule has 1 unspecified atom stereocenters. The van der Waals surface area contributed by atoms with Crippen LogP contribution in [0.4, 0.5) is 10.1 Å². The molecule has 9 heteroatoms. The third-order valence-corrected chi connectivity index (χ3v) is 5.40. The second kappa shape index (κ2) is 6.80. The van der Waals surface area contributed by atoms with Gasteiger partial charge in [0, 0.05) is 19.5 Å². The van der Waals surface area contributed by atoms with E-state index in [4.69, 9.17) is 0 Å². The van der Waals surface area contributed by atoms with Crippen LogP contribution in [0.15, 0.2) is 16.9 Å². The molecule has 1 atom stereocenters. The van der Waals surface area contributed by atoms with Gasteiger partial charge in [0.2, 0.25) is 11.8 Å². The lowest BCUT2D eigenvalue weighted by Gasteiger charge is -2.25. The predicted octanol–water partition coefficient (Wildman–Crippen LogP) is 0.621. The minimum absolute atomic E-state index is 0.150. The number of anilines is 1. The Kier molecular flexibility index (Phi) is 4.47. The van der Waals surface area contributed by atoms with Crippen LogP contribution in [0.5, 0.6) is 0 Å². The first-order chi connectivity index (χ1) is 13.0. The summed E-state index contributed by atoms with van der Waals surface area (Å²) in [6.07, 6.45) is 2.17. The van der Waals surface area contributed by atoms with E-state index in [-0.39, 0.29) is 30.3 Å². The van der Waals surface area contributed by atoms with Crippen LogP contribution in [0.25, 0.3) is 11.0 Å². The maximum Gasteiger partial charge on any atom is 0.329 e. The molecule has 2 amide bonds. The number of amides is 2. The molecule has 2 aromatic rings. The first-order valence-electron chi connectivity index (χ1n) is 9.17. The van der Waals surface area contributed by atoms with Crippen molar-refractivity contribution in [2.75, 3.05) is 18.4 Å². The Bertz CT molecular complexity index is 974. The van der Waals surface area contributed by atoms with Crippen molar-refractivity contribution in [3.63, 3.8) is 0 Å². The van der Waals surface area contributed by atoms with Gasteiger partial charge >= 0.3 is 5.69 Å². The van der Waals surface area contributed by atoms with E-state index in [1.807, 2.05) is 0 Å². The number of aryl methyl sites for hydroxylation is 1. The van der Waals surface area contributed by atoms with E-state index in [0.717, 1.165) is 25.9 Å². The average molecular weight is 375 g/mol. The summed E-state index contributed by atoms with van der Waals surface area (Å²) in [5.74, 6) is -1.39. The molecule has 0 bridgehead atoms. The van der Waals surface area contributed by atoms with Crippen LogP contribution in [-0.4, -0.2) is 40.1 Å². The molecule has 27 heavy (non-hydrogen) atoms. The molecule has 3 N–H and O–H groups in total. The molecule has 2 aliphatic heterocycles. The predicted molar refractivity (Wildman–Crippen MR) is 98.1 cm³/mol. The Balaban J connectivity index is 1.75. The summed E-state index contributed by atoms with van der Waals surface area (Å²) in [7, 11) is 1.49. The van der Waals surface area contributed by atoms with Gasteiger partial charge in [0.25, 0.3) is 0 Å². The molecule has 144 valence electrons. The summed E-state index contributed by atoms with van der Waals surface area (Å²) in [6, 6.07) is 2.63. The smallest absolute Gasteiger partial charge is 0.329 e. The van der Waals surface area contributed by atoms with Crippen molar-refractivity contribution in [1.29, 1.82) is 0 Å². The summed E-state index contributed by atoms with van der Waals surface area (Å²) in [4.78, 5) is 36.3. The van der Waals surface area contributed by atoms with Gasteiger partial charge in [-0.3, -0.25) is 24.0 Å². The van der Waals surface area contributed by atoms with Gasteiger partial charge in [-0.15, -0.1) is 0 Å². The van der Waals surface area contributed by atoms with Crippen LogP contribution in [0.1, 0.15) is 31.7 Å².